The average Bonchev–Trinajstić information content (AvgIpc) is 3.79. The Morgan fingerprint density at radius 3 is 2.45 bits per heavy atom. The third-order valence-corrected chi connectivity index (χ3v) is 7.69. The van der Waals surface area contributed by atoms with Gasteiger partial charge in [-0.15, -0.1) is 0 Å². The first-order valence-electron chi connectivity index (χ1n) is 15.3. The smallest absolute Gasteiger partial charge is 0.408 e. The summed E-state index contributed by atoms with van der Waals surface area (Å²) in [7, 11) is 0. The second kappa shape index (κ2) is 15.0. The molecule has 2 bridgehead atoms. The first kappa shape index (κ1) is 31.3. The van der Waals surface area contributed by atoms with E-state index in [2.05, 4.69) is 21.3 Å². The van der Waals surface area contributed by atoms with Gasteiger partial charge in [-0.05, 0) is 74.6 Å². The summed E-state index contributed by atoms with van der Waals surface area (Å²) >= 11 is 0. The first-order valence-corrected chi connectivity index (χ1v) is 15.3. The second-order valence-electron chi connectivity index (χ2n) is 12.2. The SMILES string of the molecule is CC(C)C[C@@H]1NC(=O)[C@@](C)(NC(=O)OCc2ccccc2)Cc2ccc(cc2)OCCCC[C@@H](CNC2CC2)NC1=O. The molecule has 3 aliphatic rings. The van der Waals surface area contributed by atoms with Crippen LogP contribution in [0.4, 0.5) is 4.79 Å². The third kappa shape index (κ3) is 10.0. The summed E-state index contributed by atoms with van der Waals surface area (Å²) in [5.41, 5.74) is 0.293. The van der Waals surface area contributed by atoms with Crippen LogP contribution in [-0.4, -0.2) is 54.7 Å². The van der Waals surface area contributed by atoms with Gasteiger partial charge in [-0.3, -0.25) is 9.59 Å². The number of nitrogens with one attached hydrogen (secondary N) is 4. The van der Waals surface area contributed by atoms with Crippen LogP contribution in [0.3, 0.4) is 0 Å². The highest BCUT2D eigenvalue weighted by atomic mass is 16.5. The predicted molar refractivity (Wildman–Crippen MR) is 162 cm³/mol. The number of hydrogen-bond donors (Lipinski definition) is 4. The number of rotatable bonds is 8. The van der Waals surface area contributed by atoms with Gasteiger partial charge in [0.2, 0.25) is 11.8 Å². The summed E-state index contributed by atoms with van der Waals surface area (Å²) in [6, 6.07) is 16.6. The molecule has 9 heteroatoms. The lowest BCUT2D eigenvalue weighted by atomic mass is 9.90. The molecule has 1 fully saturated rings. The maximum absolute atomic E-state index is 13.9. The van der Waals surface area contributed by atoms with Gasteiger partial charge in [-0.25, -0.2) is 4.79 Å². The molecule has 42 heavy (non-hydrogen) atoms. The molecule has 3 atom stereocenters. The predicted octanol–water partition coefficient (Wildman–Crippen LogP) is 4.24. The Morgan fingerprint density at radius 2 is 1.76 bits per heavy atom. The van der Waals surface area contributed by atoms with Gasteiger partial charge in [0.05, 0.1) is 6.61 Å². The fourth-order valence-electron chi connectivity index (χ4n) is 5.10. The Bertz CT molecular complexity index is 1170. The number of amides is 3. The Morgan fingerprint density at radius 1 is 1.02 bits per heavy atom. The van der Waals surface area contributed by atoms with E-state index in [1.54, 1.807) is 6.92 Å². The number of benzene rings is 2. The van der Waals surface area contributed by atoms with Crippen molar-refractivity contribution in [2.75, 3.05) is 13.2 Å². The molecule has 0 unspecified atom stereocenters. The zero-order valence-electron chi connectivity index (χ0n) is 25.1. The lowest BCUT2D eigenvalue weighted by Crippen LogP contribution is -2.62. The topological polar surface area (TPSA) is 118 Å². The van der Waals surface area contributed by atoms with E-state index in [1.807, 2.05) is 68.4 Å². The maximum atomic E-state index is 13.9. The Hall–Kier alpha value is -3.59. The minimum Gasteiger partial charge on any atom is -0.494 e. The highest BCUT2D eigenvalue weighted by molar-refractivity contribution is 5.94. The van der Waals surface area contributed by atoms with Gasteiger partial charge < -0.3 is 30.7 Å². The van der Waals surface area contributed by atoms with E-state index in [1.165, 1.54) is 12.8 Å². The fourth-order valence-corrected chi connectivity index (χ4v) is 5.10. The molecule has 4 N–H and O–H groups in total. The van der Waals surface area contributed by atoms with E-state index in [0.29, 0.717) is 25.6 Å². The van der Waals surface area contributed by atoms with Gasteiger partial charge in [-0.2, -0.15) is 0 Å². The van der Waals surface area contributed by atoms with Gasteiger partial charge in [0.25, 0.3) is 0 Å². The minimum atomic E-state index is -1.38. The summed E-state index contributed by atoms with van der Waals surface area (Å²) in [6.07, 6.45) is 4.87. The molecular formula is C33H46N4O5. The highest BCUT2D eigenvalue weighted by Crippen LogP contribution is 2.21. The van der Waals surface area contributed by atoms with Gasteiger partial charge in [0.15, 0.2) is 0 Å². The molecule has 3 amide bonds. The molecule has 5 rings (SSSR count). The molecule has 0 spiro atoms. The van der Waals surface area contributed by atoms with Crippen LogP contribution in [0, 0.1) is 5.92 Å². The van der Waals surface area contributed by atoms with Crippen molar-refractivity contribution in [2.24, 2.45) is 5.92 Å². The van der Waals surface area contributed by atoms with E-state index in [9.17, 15) is 14.4 Å². The van der Waals surface area contributed by atoms with Crippen molar-refractivity contribution in [1.82, 2.24) is 21.3 Å². The summed E-state index contributed by atoms with van der Waals surface area (Å²) in [5.74, 6) is 0.259. The van der Waals surface area contributed by atoms with Gasteiger partial charge in [-0.1, -0.05) is 56.3 Å². The monoisotopic (exact) mass is 578 g/mol. The lowest BCUT2D eigenvalue weighted by Gasteiger charge is -2.32. The van der Waals surface area contributed by atoms with Gasteiger partial charge >= 0.3 is 6.09 Å². The summed E-state index contributed by atoms with van der Waals surface area (Å²) in [5, 5.41) is 12.5. The molecular weight excluding hydrogens is 532 g/mol. The van der Waals surface area contributed by atoms with Crippen molar-refractivity contribution in [3.63, 3.8) is 0 Å². The van der Waals surface area contributed by atoms with Crippen LogP contribution in [-0.2, 0) is 27.4 Å². The van der Waals surface area contributed by atoms with Crippen LogP contribution in [0.1, 0.15) is 70.4 Å². The van der Waals surface area contributed by atoms with E-state index in [4.69, 9.17) is 9.47 Å². The molecule has 1 aliphatic carbocycles. The average molecular weight is 579 g/mol. The first-order chi connectivity index (χ1) is 20.2. The van der Waals surface area contributed by atoms with Crippen molar-refractivity contribution in [3.05, 3.63) is 65.7 Å². The number of carbonyl (C=O) groups excluding carboxylic acids is 3. The quantitative estimate of drug-likeness (QED) is 0.372. The largest absolute Gasteiger partial charge is 0.494 e. The second-order valence-corrected chi connectivity index (χ2v) is 12.2. The summed E-state index contributed by atoms with van der Waals surface area (Å²) in [6.45, 7) is 7.05. The van der Waals surface area contributed by atoms with Crippen LogP contribution >= 0.6 is 0 Å². The minimum absolute atomic E-state index is 0.0586. The molecule has 228 valence electrons. The normalized spacial score (nSPS) is 23.8. The summed E-state index contributed by atoms with van der Waals surface area (Å²) < 4.78 is 11.4. The van der Waals surface area contributed by atoms with Crippen molar-refractivity contribution in [2.45, 2.75) is 96.0 Å². The molecule has 0 radical (unpaired) electrons. The van der Waals surface area contributed by atoms with E-state index < -0.39 is 23.6 Å². The van der Waals surface area contributed by atoms with Gasteiger partial charge in [0.1, 0.15) is 23.9 Å². The molecule has 2 aliphatic heterocycles. The number of hydrogen-bond acceptors (Lipinski definition) is 6. The van der Waals surface area contributed by atoms with Crippen molar-refractivity contribution >= 4 is 17.9 Å². The zero-order valence-corrected chi connectivity index (χ0v) is 25.1. The number of fused-ring (bicyclic) bond motifs is 14. The number of ether oxygens (including phenoxy) is 2. The third-order valence-electron chi connectivity index (χ3n) is 7.69. The van der Waals surface area contributed by atoms with Crippen LogP contribution < -0.4 is 26.0 Å². The van der Waals surface area contributed by atoms with E-state index >= 15 is 0 Å². The number of alkyl carbamates (subject to hydrolysis) is 1. The molecule has 0 saturated heterocycles. The Kier molecular flexibility index (Phi) is 11.2. The summed E-state index contributed by atoms with van der Waals surface area (Å²) in [4.78, 5) is 40.5. The van der Waals surface area contributed by atoms with Crippen LogP contribution in [0.5, 0.6) is 5.75 Å². The van der Waals surface area contributed by atoms with Crippen LogP contribution in [0.15, 0.2) is 54.6 Å². The number of carbonyl (C=O) groups is 3. The lowest BCUT2D eigenvalue weighted by molar-refractivity contribution is -0.133. The Balaban J connectivity index is 1.55. The fraction of sp³-hybridized carbons (Fsp3) is 0.545. The standard InChI is InChI=1S/C33H46N4O5/c1-23(2)19-29-30(38)35-27(21-34-26-14-15-26)11-7-8-18-41-28-16-12-24(13-17-28)20-33(3,31(39)36-29)37-32(40)42-22-25-9-5-4-6-10-25/h4-6,9-10,12-13,16-17,23,26-27,29,34H,7-8,11,14-15,18-22H2,1-3H3,(H,35,38)(H,36,39)(H,37,40)/t27-,29-,33-/m0/s1. The van der Waals surface area contributed by atoms with Crippen molar-refractivity contribution in [1.29, 1.82) is 0 Å². The molecule has 0 aromatic heterocycles. The zero-order chi connectivity index (χ0) is 30.0. The van der Waals surface area contributed by atoms with Crippen molar-refractivity contribution < 1.29 is 23.9 Å². The van der Waals surface area contributed by atoms with Crippen molar-refractivity contribution in [3.8, 4) is 5.75 Å². The van der Waals surface area contributed by atoms with Crippen LogP contribution in [0.25, 0.3) is 0 Å². The molecule has 2 aromatic rings. The van der Waals surface area contributed by atoms with Crippen LogP contribution in [0.2, 0.25) is 0 Å². The molecule has 2 aromatic carbocycles. The molecule has 2 heterocycles. The Labute approximate surface area is 249 Å². The van der Waals surface area contributed by atoms with E-state index in [-0.39, 0.29) is 30.9 Å². The molecule has 1 saturated carbocycles. The highest BCUT2D eigenvalue weighted by Gasteiger charge is 2.38. The molecule has 9 nitrogen and oxygen atoms in total. The van der Waals surface area contributed by atoms with E-state index in [0.717, 1.165) is 36.1 Å². The maximum Gasteiger partial charge on any atom is 0.408 e. The van der Waals surface area contributed by atoms with Gasteiger partial charge in [0, 0.05) is 25.0 Å².